The van der Waals surface area contributed by atoms with Gasteiger partial charge >= 0.3 is 5.97 Å². The van der Waals surface area contributed by atoms with Gasteiger partial charge in [-0.3, -0.25) is 4.79 Å². The summed E-state index contributed by atoms with van der Waals surface area (Å²) in [6.07, 6.45) is 0. The molecule has 0 saturated carbocycles. The van der Waals surface area contributed by atoms with E-state index in [0.717, 1.165) is 16.5 Å². The second kappa shape index (κ2) is 5.57. The number of aliphatic carboxylic acids is 1. The van der Waals surface area contributed by atoms with Crippen molar-refractivity contribution in [3.8, 4) is 0 Å². The Labute approximate surface area is 122 Å². The van der Waals surface area contributed by atoms with E-state index in [1.54, 1.807) is 6.07 Å². The summed E-state index contributed by atoms with van der Waals surface area (Å²) in [4.78, 5) is 26.5. The van der Waals surface area contributed by atoms with Crippen LogP contribution in [0.3, 0.4) is 0 Å². The number of fused-ring (bicyclic) bond motifs is 1. The molecule has 1 amide bonds. The minimum Gasteiger partial charge on any atom is -0.479 e. The zero-order chi connectivity index (χ0) is 15.6. The van der Waals surface area contributed by atoms with Gasteiger partial charge in [-0.15, -0.1) is 0 Å². The van der Waals surface area contributed by atoms with Gasteiger partial charge in [-0.2, -0.15) is 0 Å². The fourth-order valence-corrected chi connectivity index (χ4v) is 2.12. The molecule has 0 aliphatic rings. The highest BCUT2D eigenvalue weighted by atomic mass is 16.5. The maximum absolute atomic E-state index is 12.2. The van der Waals surface area contributed by atoms with Crippen LogP contribution in [0.5, 0.6) is 0 Å². The average Bonchev–Trinajstić information content (AvgIpc) is 2.81. The predicted octanol–water partition coefficient (Wildman–Crippen LogP) is 1.70. The highest BCUT2D eigenvalue weighted by Crippen LogP contribution is 2.17. The maximum atomic E-state index is 12.2. The number of nitrogens with one attached hydrogen (secondary N) is 2. The van der Waals surface area contributed by atoms with Crippen LogP contribution >= 0.6 is 0 Å². The molecule has 1 atom stereocenters. The number of aromatic amines is 1. The van der Waals surface area contributed by atoms with E-state index in [2.05, 4.69) is 10.3 Å². The lowest BCUT2D eigenvalue weighted by molar-refractivity contribution is -0.145. The number of benzene rings is 1. The summed E-state index contributed by atoms with van der Waals surface area (Å²) in [6, 6.07) is 7.48. The molecule has 0 spiro atoms. The summed E-state index contributed by atoms with van der Waals surface area (Å²) >= 11 is 0. The first-order valence-corrected chi connectivity index (χ1v) is 6.50. The summed E-state index contributed by atoms with van der Waals surface area (Å²) in [5, 5.41) is 12.6. The lowest BCUT2D eigenvalue weighted by Crippen LogP contribution is -2.55. The summed E-state index contributed by atoms with van der Waals surface area (Å²) in [7, 11) is 1.39. The molecule has 0 aliphatic heterocycles. The summed E-state index contributed by atoms with van der Waals surface area (Å²) in [5.74, 6) is -1.63. The van der Waals surface area contributed by atoms with Crippen molar-refractivity contribution in [3.05, 3.63) is 35.5 Å². The number of aryl methyl sites for hydroxylation is 1. The first-order valence-electron chi connectivity index (χ1n) is 6.50. The number of carbonyl (C=O) groups is 2. The Morgan fingerprint density at radius 3 is 2.71 bits per heavy atom. The molecule has 0 radical (unpaired) electrons. The van der Waals surface area contributed by atoms with Gasteiger partial charge in [-0.25, -0.2) is 4.79 Å². The van der Waals surface area contributed by atoms with Crippen LogP contribution in [0, 0.1) is 6.92 Å². The predicted molar refractivity (Wildman–Crippen MR) is 78.4 cm³/mol. The van der Waals surface area contributed by atoms with Crippen molar-refractivity contribution < 1.29 is 19.4 Å². The first-order chi connectivity index (χ1) is 9.85. The zero-order valence-corrected chi connectivity index (χ0v) is 12.2. The molecule has 0 saturated heterocycles. The van der Waals surface area contributed by atoms with Crippen molar-refractivity contribution in [1.82, 2.24) is 10.3 Å². The van der Waals surface area contributed by atoms with Gasteiger partial charge in [0, 0.05) is 18.0 Å². The zero-order valence-electron chi connectivity index (χ0n) is 12.2. The van der Waals surface area contributed by atoms with Crippen LogP contribution in [0.2, 0.25) is 0 Å². The molecule has 2 rings (SSSR count). The van der Waals surface area contributed by atoms with Crippen molar-refractivity contribution in [2.75, 3.05) is 13.7 Å². The number of carboxylic acids is 1. The van der Waals surface area contributed by atoms with Crippen LogP contribution in [-0.4, -0.2) is 41.2 Å². The molecule has 6 nitrogen and oxygen atoms in total. The molecule has 1 aromatic heterocycles. The minimum absolute atomic E-state index is 0.118. The molecule has 21 heavy (non-hydrogen) atoms. The fourth-order valence-electron chi connectivity index (χ4n) is 2.12. The topological polar surface area (TPSA) is 91.4 Å². The largest absolute Gasteiger partial charge is 0.479 e. The molecule has 3 N–H and O–H groups in total. The first kappa shape index (κ1) is 15.1. The Hall–Kier alpha value is -2.34. The van der Waals surface area contributed by atoms with Crippen LogP contribution in [0.1, 0.15) is 23.0 Å². The number of aromatic nitrogens is 1. The SMILES string of the molecule is COCC(C)(NC(=O)c1cc2ccc(C)cc2[nH]1)C(=O)O. The molecule has 0 aliphatic carbocycles. The van der Waals surface area contributed by atoms with E-state index in [9.17, 15) is 14.7 Å². The standard InChI is InChI=1S/C15H18N2O4/c1-9-4-5-10-7-12(16-11(10)6-9)13(18)17-15(2,8-21-3)14(19)20/h4-7,16H,8H2,1-3H3,(H,17,18)(H,19,20). The Balaban J connectivity index is 2.27. The highest BCUT2D eigenvalue weighted by Gasteiger charge is 2.35. The third-order valence-corrected chi connectivity index (χ3v) is 3.32. The average molecular weight is 290 g/mol. The molecule has 1 heterocycles. The number of methoxy groups -OCH3 is 1. The van der Waals surface area contributed by atoms with Gasteiger partial charge in [0.15, 0.2) is 5.54 Å². The van der Waals surface area contributed by atoms with E-state index in [0.29, 0.717) is 5.69 Å². The van der Waals surface area contributed by atoms with Crippen LogP contribution in [0.15, 0.2) is 24.3 Å². The summed E-state index contributed by atoms with van der Waals surface area (Å²) < 4.78 is 4.87. The van der Waals surface area contributed by atoms with E-state index in [4.69, 9.17) is 4.74 Å². The number of ether oxygens (including phenoxy) is 1. The minimum atomic E-state index is -1.47. The second-order valence-electron chi connectivity index (χ2n) is 5.30. The van der Waals surface area contributed by atoms with E-state index in [1.165, 1.54) is 14.0 Å². The lowest BCUT2D eigenvalue weighted by atomic mass is 10.0. The van der Waals surface area contributed by atoms with Crippen LogP contribution in [-0.2, 0) is 9.53 Å². The molecule has 1 unspecified atom stereocenters. The molecular weight excluding hydrogens is 272 g/mol. The van der Waals surface area contributed by atoms with Crippen LogP contribution in [0.25, 0.3) is 10.9 Å². The number of rotatable bonds is 5. The van der Waals surface area contributed by atoms with Gasteiger partial charge in [-0.05, 0) is 31.5 Å². The monoisotopic (exact) mass is 290 g/mol. The van der Waals surface area contributed by atoms with Crippen molar-refractivity contribution in [2.24, 2.45) is 0 Å². The van der Waals surface area contributed by atoms with Gasteiger partial charge in [0.2, 0.25) is 0 Å². The molecule has 2 aromatic rings. The number of carboxylic acid groups (broad SMARTS) is 1. The van der Waals surface area contributed by atoms with Gasteiger partial charge in [0.25, 0.3) is 5.91 Å². The highest BCUT2D eigenvalue weighted by molar-refractivity contribution is 6.00. The van der Waals surface area contributed by atoms with Crippen LogP contribution in [0.4, 0.5) is 0 Å². The van der Waals surface area contributed by atoms with E-state index < -0.39 is 17.4 Å². The van der Waals surface area contributed by atoms with E-state index in [-0.39, 0.29) is 6.61 Å². The fraction of sp³-hybridized carbons (Fsp3) is 0.333. The van der Waals surface area contributed by atoms with Crippen molar-refractivity contribution in [3.63, 3.8) is 0 Å². The third kappa shape index (κ3) is 3.05. The van der Waals surface area contributed by atoms with Gasteiger partial charge in [0.05, 0.1) is 6.61 Å². The maximum Gasteiger partial charge on any atom is 0.331 e. The van der Waals surface area contributed by atoms with Gasteiger partial charge in [-0.1, -0.05) is 12.1 Å². The number of hydrogen-bond donors (Lipinski definition) is 3. The van der Waals surface area contributed by atoms with E-state index >= 15 is 0 Å². The van der Waals surface area contributed by atoms with Crippen molar-refractivity contribution in [2.45, 2.75) is 19.4 Å². The van der Waals surface area contributed by atoms with Crippen molar-refractivity contribution in [1.29, 1.82) is 0 Å². The molecular formula is C15H18N2O4. The normalized spacial score (nSPS) is 13.9. The number of H-pyrrole nitrogens is 1. The Morgan fingerprint density at radius 2 is 2.10 bits per heavy atom. The number of carbonyl (C=O) groups excluding carboxylic acids is 1. The van der Waals surface area contributed by atoms with E-state index in [1.807, 2.05) is 25.1 Å². The number of hydrogen-bond acceptors (Lipinski definition) is 3. The molecule has 0 fully saturated rings. The Bertz CT molecular complexity index is 692. The van der Waals surface area contributed by atoms with Crippen LogP contribution < -0.4 is 5.32 Å². The second-order valence-corrected chi connectivity index (χ2v) is 5.30. The molecule has 6 heteroatoms. The molecule has 112 valence electrons. The molecule has 1 aromatic carbocycles. The summed E-state index contributed by atoms with van der Waals surface area (Å²) in [5.41, 5.74) is 0.758. The van der Waals surface area contributed by atoms with Crippen molar-refractivity contribution >= 4 is 22.8 Å². The van der Waals surface area contributed by atoms with Gasteiger partial charge < -0.3 is 20.1 Å². The Kier molecular flexibility index (Phi) is 3.99. The number of amides is 1. The lowest BCUT2D eigenvalue weighted by Gasteiger charge is -2.24. The Morgan fingerprint density at radius 1 is 1.38 bits per heavy atom. The third-order valence-electron chi connectivity index (χ3n) is 3.32. The quantitative estimate of drug-likeness (QED) is 0.781. The molecule has 0 bridgehead atoms. The smallest absolute Gasteiger partial charge is 0.331 e. The van der Waals surface area contributed by atoms with Gasteiger partial charge in [0.1, 0.15) is 5.69 Å². The summed E-state index contributed by atoms with van der Waals surface area (Å²) in [6.45, 7) is 3.25.